The van der Waals surface area contributed by atoms with Crippen LogP contribution in [0.1, 0.15) is 43.3 Å². The minimum Gasteiger partial charge on any atom is -0.487 e. The standard InChI is InChI=1S/C18H22N2O/c1-12-9-10-15(13(2)19-12)20-16-11-18(3,4)21-17-8-6-5-7-14(16)17/h5-10,16,20H,11H2,1-4H3. The van der Waals surface area contributed by atoms with E-state index in [1.807, 2.05) is 32.0 Å². The molecule has 2 heterocycles. The van der Waals surface area contributed by atoms with E-state index in [2.05, 4.69) is 42.3 Å². The number of para-hydroxylation sites is 1. The molecule has 0 saturated carbocycles. The van der Waals surface area contributed by atoms with Crippen LogP contribution in [-0.4, -0.2) is 10.6 Å². The largest absolute Gasteiger partial charge is 0.487 e. The number of fused-ring (bicyclic) bond motifs is 1. The van der Waals surface area contributed by atoms with Gasteiger partial charge in [0.2, 0.25) is 0 Å². The van der Waals surface area contributed by atoms with E-state index < -0.39 is 0 Å². The Bertz CT molecular complexity index is 664. The minimum absolute atomic E-state index is 0.169. The minimum atomic E-state index is -0.169. The number of rotatable bonds is 2. The Balaban J connectivity index is 1.94. The van der Waals surface area contributed by atoms with Gasteiger partial charge in [-0.05, 0) is 45.9 Å². The van der Waals surface area contributed by atoms with Crippen molar-refractivity contribution in [3.05, 3.63) is 53.3 Å². The first-order chi connectivity index (χ1) is 9.94. The molecule has 0 amide bonds. The maximum atomic E-state index is 6.08. The van der Waals surface area contributed by atoms with Crippen LogP contribution in [0.5, 0.6) is 5.75 Å². The van der Waals surface area contributed by atoms with Gasteiger partial charge < -0.3 is 10.1 Å². The molecule has 1 aromatic heterocycles. The number of pyridine rings is 1. The fourth-order valence-electron chi connectivity index (χ4n) is 2.96. The maximum absolute atomic E-state index is 6.08. The second-order valence-electron chi connectivity index (χ2n) is 6.39. The first kappa shape index (κ1) is 13.9. The Morgan fingerprint density at radius 1 is 1.14 bits per heavy atom. The van der Waals surface area contributed by atoms with Crippen LogP contribution in [0.25, 0.3) is 0 Å². The normalized spacial score (nSPS) is 19.5. The van der Waals surface area contributed by atoms with Crippen LogP contribution >= 0.6 is 0 Å². The summed E-state index contributed by atoms with van der Waals surface area (Å²) in [6.07, 6.45) is 0.928. The molecule has 3 nitrogen and oxygen atoms in total. The average molecular weight is 282 g/mol. The Kier molecular flexibility index (Phi) is 3.36. The van der Waals surface area contributed by atoms with Crippen LogP contribution < -0.4 is 10.1 Å². The zero-order chi connectivity index (χ0) is 15.0. The Labute approximate surface area is 126 Å². The molecule has 1 N–H and O–H groups in total. The number of anilines is 1. The first-order valence-electron chi connectivity index (χ1n) is 7.43. The zero-order valence-corrected chi connectivity index (χ0v) is 13.1. The summed E-state index contributed by atoms with van der Waals surface area (Å²) >= 11 is 0. The summed E-state index contributed by atoms with van der Waals surface area (Å²) in [5.74, 6) is 0.976. The van der Waals surface area contributed by atoms with Crippen LogP contribution in [0, 0.1) is 13.8 Å². The number of aryl methyl sites for hydroxylation is 2. The van der Waals surface area contributed by atoms with E-state index in [-0.39, 0.29) is 11.6 Å². The van der Waals surface area contributed by atoms with Gasteiger partial charge in [-0.15, -0.1) is 0 Å². The second-order valence-corrected chi connectivity index (χ2v) is 6.39. The van der Waals surface area contributed by atoms with E-state index in [0.717, 1.165) is 29.2 Å². The Morgan fingerprint density at radius 2 is 1.90 bits per heavy atom. The summed E-state index contributed by atoms with van der Waals surface area (Å²) in [4.78, 5) is 4.54. The van der Waals surface area contributed by atoms with Gasteiger partial charge in [-0.3, -0.25) is 4.98 Å². The first-order valence-corrected chi connectivity index (χ1v) is 7.43. The van der Waals surface area contributed by atoms with Crippen LogP contribution in [0.3, 0.4) is 0 Å². The summed E-state index contributed by atoms with van der Waals surface area (Å²) in [6, 6.07) is 12.7. The van der Waals surface area contributed by atoms with Crippen molar-refractivity contribution in [3.63, 3.8) is 0 Å². The van der Waals surface area contributed by atoms with Gasteiger partial charge in [-0.1, -0.05) is 18.2 Å². The third-order valence-corrected chi connectivity index (χ3v) is 3.93. The molecule has 3 rings (SSSR count). The molecule has 1 aliphatic rings. The highest BCUT2D eigenvalue weighted by molar-refractivity contribution is 5.52. The summed E-state index contributed by atoms with van der Waals surface area (Å²) in [7, 11) is 0. The molecule has 110 valence electrons. The van der Waals surface area contributed by atoms with Crippen LogP contribution in [-0.2, 0) is 0 Å². The fourth-order valence-corrected chi connectivity index (χ4v) is 2.96. The highest BCUT2D eigenvalue weighted by Gasteiger charge is 2.33. The van der Waals surface area contributed by atoms with E-state index in [4.69, 9.17) is 4.74 Å². The van der Waals surface area contributed by atoms with Crippen molar-refractivity contribution >= 4 is 5.69 Å². The average Bonchev–Trinajstić information content (AvgIpc) is 2.40. The summed E-state index contributed by atoms with van der Waals surface area (Å²) < 4.78 is 6.08. The molecule has 21 heavy (non-hydrogen) atoms. The Hall–Kier alpha value is -2.03. The molecule has 2 aromatic rings. The van der Waals surface area contributed by atoms with Crippen molar-refractivity contribution in [2.75, 3.05) is 5.32 Å². The number of hydrogen-bond donors (Lipinski definition) is 1. The van der Waals surface area contributed by atoms with Crippen molar-refractivity contribution in [2.24, 2.45) is 0 Å². The number of ether oxygens (including phenoxy) is 1. The lowest BCUT2D eigenvalue weighted by Gasteiger charge is -2.38. The van der Waals surface area contributed by atoms with E-state index in [9.17, 15) is 0 Å². The van der Waals surface area contributed by atoms with Gasteiger partial charge in [-0.25, -0.2) is 0 Å². The van der Waals surface area contributed by atoms with Gasteiger partial charge in [0, 0.05) is 17.7 Å². The van der Waals surface area contributed by atoms with Gasteiger partial charge in [0.25, 0.3) is 0 Å². The van der Waals surface area contributed by atoms with Crippen molar-refractivity contribution < 1.29 is 4.74 Å². The smallest absolute Gasteiger partial charge is 0.125 e. The van der Waals surface area contributed by atoms with Gasteiger partial charge in [0.1, 0.15) is 11.4 Å². The van der Waals surface area contributed by atoms with Crippen molar-refractivity contribution in [1.82, 2.24) is 4.98 Å². The number of benzene rings is 1. The van der Waals surface area contributed by atoms with Crippen molar-refractivity contribution in [3.8, 4) is 5.75 Å². The quantitative estimate of drug-likeness (QED) is 0.885. The number of hydrogen-bond acceptors (Lipinski definition) is 3. The van der Waals surface area contributed by atoms with Gasteiger partial charge >= 0.3 is 0 Å². The SMILES string of the molecule is Cc1ccc(NC2CC(C)(C)Oc3ccccc32)c(C)n1. The lowest BCUT2D eigenvalue weighted by atomic mass is 9.89. The highest BCUT2D eigenvalue weighted by atomic mass is 16.5. The lowest BCUT2D eigenvalue weighted by molar-refractivity contribution is 0.0759. The van der Waals surface area contributed by atoms with Gasteiger partial charge in [-0.2, -0.15) is 0 Å². The van der Waals surface area contributed by atoms with Crippen LogP contribution in [0.2, 0.25) is 0 Å². The monoisotopic (exact) mass is 282 g/mol. The molecular weight excluding hydrogens is 260 g/mol. The summed E-state index contributed by atoms with van der Waals surface area (Å²) in [5.41, 5.74) is 4.23. The molecule has 0 spiro atoms. The van der Waals surface area contributed by atoms with Gasteiger partial charge in [0.15, 0.2) is 0 Å². The topological polar surface area (TPSA) is 34.1 Å². The molecule has 1 aliphatic heterocycles. The molecular formula is C18H22N2O. The van der Waals surface area contributed by atoms with Crippen LogP contribution in [0.15, 0.2) is 36.4 Å². The maximum Gasteiger partial charge on any atom is 0.125 e. The molecule has 0 fully saturated rings. The molecule has 1 aromatic carbocycles. The fraction of sp³-hybridized carbons (Fsp3) is 0.389. The lowest BCUT2D eigenvalue weighted by Crippen LogP contribution is -2.37. The molecule has 3 heteroatoms. The molecule has 1 atom stereocenters. The summed E-state index contributed by atoms with van der Waals surface area (Å²) in [5, 5.41) is 3.65. The zero-order valence-electron chi connectivity index (χ0n) is 13.1. The van der Waals surface area contributed by atoms with Crippen molar-refractivity contribution in [2.45, 2.75) is 45.8 Å². The van der Waals surface area contributed by atoms with E-state index >= 15 is 0 Å². The number of nitrogens with zero attached hydrogens (tertiary/aromatic N) is 1. The molecule has 1 unspecified atom stereocenters. The Morgan fingerprint density at radius 3 is 2.67 bits per heavy atom. The van der Waals surface area contributed by atoms with Crippen molar-refractivity contribution in [1.29, 1.82) is 0 Å². The van der Waals surface area contributed by atoms with E-state index in [1.165, 1.54) is 5.56 Å². The highest BCUT2D eigenvalue weighted by Crippen LogP contribution is 2.41. The molecule has 0 saturated heterocycles. The number of nitrogens with one attached hydrogen (secondary N) is 1. The van der Waals surface area contributed by atoms with E-state index in [0.29, 0.717) is 0 Å². The third kappa shape index (κ3) is 2.87. The predicted octanol–water partition coefficient (Wildman–Crippen LogP) is 4.41. The van der Waals surface area contributed by atoms with E-state index in [1.54, 1.807) is 0 Å². The number of aromatic nitrogens is 1. The van der Waals surface area contributed by atoms with Gasteiger partial charge in [0.05, 0.1) is 17.4 Å². The third-order valence-electron chi connectivity index (χ3n) is 3.93. The molecule has 0 aliphatic carbocycles. The second kappa shape index (κ2) is 5.06. The van der Waals surface area contributed by atoms with Crippen LogP contribution in [0.4, 0.5) is 5.69 Å². The molecule has 0 bridgehead atoms. The molecule has 0 radical (unpaired) electrons. The summed E-state index contributed by atoms with van der Waals surface area (Å²) in [6.45, 7) is 8.34. The predicted molar refractivity (Wildman–Crippen MR) is 85.8 cm³/mol.